The van der Waals surface area contributed by atoms with Crippen LogP contribution in [0.5, 0.6) is 5.75 Å². The highest BCUT2D eigenvalue weighted by Gasteiger charge is 2.30. The van der Waals surface area contributed by atoms with Crippen LogP contribution in [-0.4, -0.2) is 153 Å². The molecule has 0 saturated heterocycles. The molecule has 3 N–H and O–H groups in total. The van der Waals surface area contributed by atoms with Crippen LogP contribution in [0.2, 0.25) is 0 Å². The Balaban J connectivity index is 1.77. The quantitative estimate of drug-likeness (QED) is 0.113. The van der Waals surface area contributed by atoms with Gasteiger partial charge in [-0.05, 0) is 25.0 Å². The van der Waals surface area contributed by atoms with Crippen LogP contribution in [-0.2, 0) is 24.0 Å². The van der Waals surface area contributed by atoms with E-state index in [1.165, 1.54) is 51.4 Å². The van der Waals surface area contributed by atoms with E-state index in [2.05, 4.69) is 0 Å². The van der Waals surface area contributed by atoms with Crippen molar-refractivity contribution in [3.8, 4) is 5.75 Å². The summed E-state index contributed by atoms with van der Waals surface area (Å²) in [5, 5.41) is 39.1. The molecule has 1 aliphatic carbocycles. The van der Waals surface area contributed by atoms with Gasteiger partial charge in [0.05, 0.1) is 18.0 Å². The zero-order valence-electron chi connectivity index (χ0n) is 25.4. The Kier molecular flexibility index (Phi) is 13.7. The summed E-state index contributed by atoms with van der Waals surface area (Å²) in [4.78, 5) is 79.3. The number of non-ortho nitro benzene ring substituents is 1. The van der Waals surface area contributed by atoms with Crippen molar-refractivity contribution in [1.29, 1.82) is 0 Å². The highest BCUT2D eigenvalue weighted by atomic mass is 16.6. The van der Waals surface area contributed by atoms with Crippen LogP contribution in [0.3, 0.4) is 0 Å². The molecule has 0 radical (unpaired) electrons. The first kappa shape index (κ1) is 35.7. The van der Waals surface area contributed by atoms with Gasteiger partial charge in [-0.2, -0.15) is 0 Å². The van der Waals surface area contributed by atoms with Crippen molar-refractivity contribution in [2.24, 2.45) is 0 Å². The minimum Gasteiger partial charge on any atom is -0.480 e. The van der Waals surface area contributed by atoms with Crippen LogP contribution in [0.1, 0.15) is 25.7 Å². The van der Waals surface area contributed by atoms with Gasteiger partial charge in [-0.25, -0.2) is 4.79 Å². The van der Waals surface area contributed by atoms with E-state index in [0.29, 0.717) is 12.8 Å². The normalized spacial score (nSPS) is 17.8. The van der Waals surface area contributed by atoms with Crippen LogP contribution in [0.25, 0.3) is 0 Å². The molecule has 252 valence electrons. The van der Waals surface area contributed by atoms with Crippen molar-refractivity contribution >= 4 is 35.5 Å². The third-order valence-electron chi connectivity index (χ3n) is 7.69. The Labute approximate surface area is 265 Å². The number of nitrogens with zero attached hydrogens (tertiary/aromatic N) is 6. The third kappa shape index (κ3) is 12.3. The SMILES string of the molecule is O=C(O)CN1/C=C\N(CC(=O)O)CCN(CC(=O)N(CC(=O)Oc2ccc([N+](=O)[O-])cc2)C2CCCC2)CCN(CC(=O)O)CC1. The Hall–Kier alpha value is -4.77. The Bertz CT molecular complexity index is 1270. The molecule has 1 saturated carbocycles. The first-order valence-corrected chi connectivity index (χ1v) is 14.9. The van der Waals surface area contributed by atoms with Gasteiger partial charge in [0.2, 0.25) is 5.91 Å². The van der Waals surface area contributed by atoms with Gasteiger partial charge < -0.3 is 34.8 Å². The highest BCUT2D eigenvalue weighted by molar-refractivity contribution is 5.84. The number of rotatable bonds is 13. The molecule has 0 aromatic heterocycles. The minimum atomic E-state index is -1.10. The van der Waals surface area contributed by atoms with Gasteiger partial charge in [-0.3, -0.25) is 39.1 Å². The molecule has 17 heteroatoms. The number of benzene rings is 1. The average Bonchev–Trinajstić information content (AvgIpc) is 3.51. The molecule has 46 heavy (non-hydrogen) atoms. The van der Waals surface area contributed by atoms with E-state index < -0.39 is 28.8 Å². The second-order valence-corrected chi connectivity index (χ2v) is 11.2. The predicted molar refractivity (Wildman–Crippen MR) is 161 cm³/mol. The summed E-state index contributed by atoms with van der Waals surface area (Å²) in [6, 6.07) is 4.82. The number of aliphatic carboxylic acids is 3. The lowest BCUT2D eigenvalue weighted by Crippen LogP contribution is -2.50. The van der Waals surface area contributed by atoms with Crippen molar-refractivity contribution in [2.45, 2.75) is 31.7 Å². The summed E-state index contributed by atoms with van der Waals surface area (Å²) in [6.45, 7) is -0.268. The Morgan fingerprint density at radius 3 is 1.72 bits per heavy atom. The fraction of sp³-hybridized carbons (Fsp3) is 0.552. The van der Waals surface area contributed by atoms with E-state index in [0.717, 1.165) is 12.8 Å². The number of carbonyl (C=O) groups excluding carboxylic acids is 2. The van der Waals surface area contributed by atoms with Gasteiger partial charge in [-0.15, -0.1) is 0 Å². The van der Waals surface area contributed by atoms with E-state index in [4.69, 9.17) is 4.74 Å². The molecule has 1 heterocycles. The average molecular weight is 649 g/mol. The van der Waals surface area contributed by atoms with Crippen molar-refractivity contribution in [1.82, 2.24) is 24.5 Å². The first-order valence-electron chi connectivity index (χ1n) is 14.9. The van der Waals surface area contributed by atoms with Crippen LogP contribution in [0.4, 0.5) is 5.69 Å². The number of hydrogen-bond donors (Lipinski definition) is 3. The number of carboxylic acids is 3. The Morgan fingerprint density at radius 1 is 0.761 bits per heavy atom. The van der Waals surface area contributed by atoms with Gasteiger partial charge >= 0.3 is 23.9 Å². The molecule has 0 atom stereocenters. The number of ether oxygens (including phenoxy) is 1. The number of esters is 1. The fourth-order valence-electron chi connectivity index (χ4n) is 5.36. The van der Waals surface area contributed by atoms with E-state index in [9.17, 15) is 49.4 Å². The lowest BCUT2D eigenvalue weighted by molar-refractivity contribution is -0.384. The van der Waals surface area contributed by atoms with Crippen molar-refractivity contribution in [2.75, 3.05) is 72.0 Å². The van der Waals surface area contributed by atoms with Crippen LogP contribution < -0.4 is 4.74 Å². The summed E-state index contributed by atoms with van der Waals surface area (Å²) in [7, 11) is 0. The molecule has 3 rings (SSSR count). The van der Waals surface area contributed by atoms with Gasteiger partial charge in [0.25, 0.3) is 5.69 Å². The second-order valence-electron chi connectivity index (χ2n) is 11.2. The number of carbonyl (C=O) groups is 5. The molecule has 1 aliphatic heterocycles. The third-order valence-corrected chi connectivity index (χ3v) is 7.69. The van der Waals surface area contributed by atoms with Crippen molar-refractivity contribution < 1.29 is 49.0 Å². The molecule has 1 aromatic carbocycles. The molecule has 1 amide bonds. The van der Waals surface area contributed by atoms with Gasteiger partial charge in [-0.1, -0.05) is 12.8 Å². The van der Waals surface area contributed by atoms with Crippen molar-refractivity contribution in [3.63, 3.8) is 0 Å². The number of nitro groups is 1. The molecule has 0 spiro atoms. The fourth-order valence-corrected chi connectivity index (χ4v) is 5.36. The lowest BCUT2D eigenvalue weighted by Gasteiger charge is -2.33. The van der Waals surface area contributed by atoms with Gasteiger partial charge in [0.1, 0.15) is 25.4 Å². The van der Waals surface area contributed by atoms with E-state index in [1.807, 2.05) is 0 Å². The first-order chi connectivity index (χ1) is 21.9. The molecular formula is C29H40N6O11. The summed E-state index contributed by atoms with van der Waals surface area (Å²) < 4.78 is 5.36. The summed E-state index contributed by atoms with van der Waals surface area (Å²) in [5.74, 6) is -4.22. The number of amides is 1. The molecule has 1 fully saturated rings. The molecule has 2 aliphatic rings. The van der Waals surface area contributed by atoms with E-state index in [1.54, 1.807) is 9.80 Å². The smallest absolute Gasteiger partial charge is 0.331 e. The van der Waals surface area contributed by atoms with Gasteiger partial charge in [0, 0.05) is 69.8 Å². The molecule has 0 bridgehead atoms. The maximum Gasteiger partial charge on any atom is 0.331 e. The number of hydrogen-bond acceptors (Lipinski definition) is 12. The van der Waals surface area contributed by atoms with Crippen LogP contribution in [0, 0.1) is 10.1 Å². The van der Waals surface area contributed by atoms with E-state index >= 15 is 0 Å². The molecule has 17 nitrogen and oxygen atoms in total. The van der Waals surface area contributed by atoms with E-state index in [-0.39, 0.29) is 95.4 Å². The zero-order chi connectivity index (χ0) is 33.6. The lowest BCUT2D eigenvalue weighted by atomic mass is 10.2. The largest absolute Gasteiger partial charge is 0.480 e. The predicted octanol–water partition coefficient (Wildman–Crippen LogP) is 0.218. The number of nitro benzene ring substituents is 1. The monoisotopic (exact) mass is 648 g/mol. The molecular weight excluding hydrogens is 608 g/mol. The van der Waals surface area contributed by atoms with Crippen LogP contribution >= 0.6 is 0 Å². The van der Waals surface area contributed by atoms with Crippen molar-refractivity contribution in [3.05, 3.63) is 46.8 Å². The topological polar surface area (TPSA) is 215 Å². The maximum atomic E-state index is 13.8. The summed E-state index contributed by atoms with van der Waals surface area (Å²) >= 11 is 0. The standard InChI is InChI=1S/C29H40N6O11/c36-25(34(22-3-1-2-4-22)21-29(43)46-24-7-5-23(6-8-24)35(44)45)17-30-9-11-31(18-26(37)38)13-15-33(20-28(41)42)16-14-32(12-10-30)19-27(39)40/h5-8,13,15,22H,1-4,9-12,14,16-21H2,(H,37,38)(H,39,40)(H,41,42)/b15-13-. The minimum absolute atomic E-state index is 0.101. The Morgan fingerprint density at radius 2 is 1.24 bits per heavy atom. The molecule has 1 aromatic rings. The summed E-state index contributed by atoms with van der Waals surface area (Å²) in [5.41, 5.74) is -0.162. The zero-order valence-corrected chi connectivity index (χ0v) is 25.4. The summed E-state index contributed by atoms with van der Waals surface area (Å²) in [6.07, 6.45) is 6.11. The van der Waals surface area contributed by atoms with Crippen LogP contribution in [0.15, 0.2) is 36.7 Å². The maximum absolute atomic E-state index is 13.8. The highest BCUT2D eigenvalue weighted by Crippen LogP contribution is 2.24. The number of carboxylic acid groups (broad SMARTS) is 3. The van der Waals surface area contributed by atoms with Gasteiger partial charge in [0.15, 0.2) is 0 Å². The second kappa shape index (κ2) is 17.6. The molecule has 0 unspecified atom stereocenters.